The van der Waals surface area contributed by atoms with Crippen LogP contribution >= 0.6 is 23.2 Å². The first-order valence-corrected chi connectivity index (χ1v) is 11.3. The van der Waals surface area contributed by atoms with E-state index in [1.54, 1.807) is 48.6 Å². The molecule has 0 bridgehead atoms. The molecule has 2 saturated heterocycles. The molecule has 0 radical (unpaired) electrons. The van der Waals surface area contributed by atoms with Gasteiger partial charge in [0.1, 0.15) is 17.9 Å². The van der Waals surface area contributed by atoms with Crippen molar-refractivity contribution < 1.29 is 24.5 Å². The largest absolute Gasteiger partial charge is 0.369 e. The number of fused-ring (bicyclic) bond motifs is 4. The zero-order chi connectivity index (χ0) is 23.7. The average molecular weight is 488 g/mol. The van der Waals surface area contributed by atoms with Crippen molar-refractivity contribution in [1.82, 2.24) is 4.90 Å². The van der Waals surface area contributed by atoms with Gasteiger partial charge in [-0.15, -0.1) is 0 Å². The number of hydrogen-bond acceptors (Lipinski definition) is 4. The molecule has 4 atom stereocenters. The minimum absolute atomic E-state index is 0.0160. The number of amides is 4. The zero-order valence-corrected chi connectivity index (χ0v) is 19.1. The minimum atomic E-state index is -1.39. The summed E-state index contributed by atoms with van der Waals surface area (Å²) in [5.74, 6) is -3.79. The van der Waals surface area contributed by atoms with Gasteiger partial charge in [-0.2, -0.15) is 0 Å². The lowest BCUT2D eigenvalue weighted by Crippen LogP contribution is -2.99. The van der Waals surface area contributed by atoms with E-state index in [4.69, 9.17) is 28.9 Å². The van der Waals surface area contributed by atoms with Crippen LogP contribution in [0, 0.1) is 18.8 Å². The summed E-state index contributed by atoms with van der Waals surface area (Å²) in [6.45, 7) is 1.76. The van der Waals surface area contributed by atoms with Crippen molar-refractivity contribution in [2.45, 2.75) is 31.5 Å². The number of carbonyl (C=O) groups excluding carboxylic acids is 4. The van der Waals surface area contributed by atoms with Crippen LogP contribution in [0.4, 0.5) is 5.69 Å². The smallest absolute Gasteiger partial charge is 0.291 e. The lowest BCUT2D eigenvalue weighted by molar-refractivity contribution is -0.732. The highest BCUT2D eigenvalue weighted by atomic mass is 35.5. The van der Waals surface area contributed by atoms with Gasteiger partial charge in [-0.1, -0.05) is 41.4 Å². The van der Waals surface area contributed by atoms with Crippen molar-refractivity contribution in [1.29, 1.82) is 0 Å². The highest BCUT2D eigenvalue weighted by Gasteiger charge is 2.74. The number of imide groups is 1. The lowest BCUT2D eigenvalue weighted by Gasteiger charge is -2.26. The maximum absolute atomic E-state index is 13.7. The van der Waals surface area contributed by atoms with Gasteiger partial charge in [0.2, 0.25) is 23.3 Å². The Morgan fingerprint density at radius 1 is 1.12 bits per heavy atom. The Kier molecular flexibility index (Phi) is 5.00. The molecule has 4 amide bonds. The predicted octanol–water partition coefficient (Wildman–Crippen LogP) is 1.07. The first-order valence-electron chi connectivity index (χ1n) is 10.5. The van der Waals surface area contributed by atoms with E-state index in [0.29, 0.717) is 32.4 Å². The Hall–Kier alpha value is -2.94. The van der Waals surface area contributed by atoms with Crippen LogP contribution in [0.15, 0.2) is 36.4 Å². The lowest BCUT2D eigenvalue weighted by atomic mass is 9.76. The molecule has 2 fully saturated rings. The summed E-state index contributed by atoms with van der Waals surface area (Å²) in [6, 6.07) is 9.67. The van der Waals surface area contributed by atoms with Gasteiger partial charge in [0.15, 0.2) is 0 Å². The minimum Gasteiger partial charge on any atom is -0.369 e. The fourth-order valence-corrected chi connectivity index (χ4v) is 5.94. The van der Waals surface area contributed by atoms with E-state index in [9.17, 15) is 19.2 Å². The summed E-state index contributed by atoms with van der Waals surface area (Å²) in [6.07, 6.45) is -0.142. The van der Waals surface area contributed by atoms with Crippen LogP contribution in [0.3, 0.4) is 0 Å². The highest BCUT2D eigenvalue weighted by Crippen LogP contribution is 2.51. The van der Waals surface area contributed by atoms with Crippen molar-refractivity contribution in [2.24, 2.45) is 17.6 Å². The normalized spacial score (nSPS) is 27.8. The zero-order valence-electron chi connectivity index (χ0n) is 17.6. The van der Waals surface area contributed by atoms with Crippen LogP contribution in [0.25, 0.3) is 0 Å². The predicted molar refractivity (Wildman–Crippen MR) is 120 cm³/mol. The second-order valence-electron chi connectivity index (χ2n) is 8.78. The van der Waals surface area contributed by atoms with Gasteiger partial charge in [0.05, 0.1) is 18.7 Å². The molecule has 0 aliphatic carbocycles. The number of nitrogens with two attached hydrogens (primary N) is 2. The number of carbonyl (C=O) groups is 4. The Labute approximate surface area is 199 Å². The van der Waals surface area contributed by atoms with Crippen molar-refractivity contribution in [2.75, 3.05) is 5.32 Å². The molecule has 3 heterocycles. The molecule has 33 heavy (non-hydrogen) atoms. The molecule has 1 spiro atoms. The van der Waals surface area contributed by atoms with E-state index in [2.05, 4.69) is 5.32 Å². The number of benzene rings is 2. The summed E-state index contributed by atoms with van der Waals surface area (Å²) in [4.78, 5) is 53.7. The maximum atomic E-state index is 13.7. The van der Waals surface area contributed by atoms with Gasteiger partial charge in [0.25, 0.3) is 5.91 Å². The summed E-state index contributed by atoms with van der Waals surface area (Å²) in [5, 5.41) is 5.44. The third-order valence-electron chi connectivity index (χ3n) is 7.05. The van der Waals surface area contributed by atoms with Crippen molar-refractivity contribution in [3.05, 3.63) is 63.1 Å². The Morgan fingerprint density at radius 3 is 2.55 bits per heavy atom. The molecule has 2 aromatic carbocycles. The number of anilines is 1. The van der Waals surface area contributed by atoms with E-state index in [0.717, 1.165) is 4.90 Å². The van der Waals surface area contributed by atoms with Crippen molar-refractivity contribution >= 4 is 52.5 Å². The highest BCUT2D eigenvalue weighted by molar-refractivity contribution is 6.32. The SMILES string of the molecule is Cc1c(Cl)ccc2c1NC(=O)[C@]21[NH2+][C@@H](CC(N)=O)[C@H]2C(=O)N(Cc3ccccc3Cl)C(=O)[C@H]21. The molecule has 170 valence electrons. The first-order chi connectivity index (χ1) is 15.7. The van der Waals surface area contributed by atoms with Gasteiger partial charge in [-0.25, -0.2) is 0 Å². The van der Waals surface area contributed by atoms with Gasteiger partial charge < -0.3 is 16.4 Å². The van der Waals surface area contributed by atoms with Crippen LogP contribution in [-0.4, -0.2) is 34.6 Å². The number of nitrogens with zero attached hydrogens (tertiary/aromatic N) is 1. The third-order valence-corrected chi connectivity index (χ3v) is 7.83. The second kappa shape index (κ2) is 7.55. The van der Waals surface area contributed by atoms with Gasteiger partial charge in [-0.05, 0) is 36.2 Å². The second-order valence-corrected chi connectivity index (χ2v) is 9.59. The van der Waals surface area contributed by atoms with Crippen molar-refractivity contribution in [3.63, 3.8) is 0 Å². The summed E-state index contributed by atoms with van der Waals surface area (Å²) in [7, 11) is 0. The first kappa shape index (κ1) is 21.9. The van der Waals surface area contributed by atoms with E-state index >= 15 is 0 Å². The maximum Gasteiger partial charge on any atom is 0.291 e. The van der Waals surface area contributed by atoms with Gasteiger partial charge >= 0.3 is 0 Å². The van der Waals surface area contributed by atoms with Gasteiger partial charge in [0, 0.05) is 15.6 Å². The van der Waals surface area contributed by atoms with Crippen LogP contribution in [0.5, 0.6) is 0 Å². The molecule has 2 aromatic rings. The van der Waals surface area contributed by atoms with E-state index in [-0.39, 0.29) is 13.0 Å². The van der Waals surface area contributed by atoms with E-state index in [1.165, 1.54) is 0 Å². The van der Waals surface area contributed by atoms with Crippen LogP contribution < -0.4 is 16.4 Å². The molecule has 10 heteroatoms. The average Bonchev–Trinajstić information content (AvgIpc) is 3.33. The number of primary amides is 1. The molecule has 0 unspecified atom stereocenters. The molecular weight excluding hydrogens is 467 g/mol. The number of quaternary nitrogens is 1. The van der Waals surface area contributed by atoms with Crippen LogP contribution in [0.2, 0.25) is 10.0 Å². The van der Waals surface area contributed by atoms with Gasteiger partial charge in [-0.3, -0.25) is 24.1 Å². The molecule has 5 rings (SSSR count). The molecular formula is C23H21Cl2N4O4+. The Morgan fingerprint density at radius 2 is 1.85 bits per heavy atom. The molecule has 0 saturated carbocycles. The summed E-state index contributed by atoms with van der Waals surface area (Å²) >= 11 is 12.5. The Bertz CT molecular complexity index is 1250. The number of halogens is 2. The number of rotatable bonds is 4. The van der Waals surface area contributed by atoms with Crippen LogP contribution in [-0.2, 0) is 31.3 Å². The third kappa shape index (κ3) is 3.01. The van der Waals surface area contributed by atoms with Crippen molar-refractivity contribution in [3.8, 4) is 0 Å². The number of likely N-dealkylation sites (tertiary alicyclic amines) is 1. The molecule has 5 N–H and O–H groups in total. The molecule has 3 aliphatic rings. The number of hydrogen-bond donors (Lipinski definition) is 3. The van der Waals surface area contributed by atoms with E-state index < -0.39 is 47.0 Å². The fourth-order valence-electron chi connectivity index (χ4n) is 5.58. The monoisotopic (exact) mass is 487 g/mol. The molecule has 3 aliphatic heterocycles. The topological polar surface area (TPSA) is 126 Å². The standard InChI is InChI=1S/C23H20Cl2N4O4/c1-10-13(24)7-6-12-19(10)27-22(33)23(12)18-17(15(28-23)8-16(26)30)20(31)29(21(18)32)9-11-4-2-3-5-14(11)25/h2-7,15,17-18,28H,8-9H2,1H3,(H2,26,30)(H,27,33)/p+1/t15-,17+,18-,23-/m0/s1. The van der Waals surface area contributed by atoms with E-state index in [1.807, 2.05) is 0 Å². The Balaban J connectivity index is 1.63. The fraction of sp³-hybridized carbons (Fsp3) is 0.304. The van der Waals surface area contributed by atoms with Crippen LogP contribution in [0.1, 0.15) is 23.1 Å². The molecule has 0 aromatic heterocycles. The summed E-state index contributed by atoms with van der Waals surface area (Å²) in [5.41, 5.74) is 6.48. The molecule has 8 nitrogen and oxygen atoms in total. The number of nitrogens with one attached hydrogen (secondary N) is 1. The summed E-state index contributed by atoms with van der Waals surface area (Å²) < 4.78 is 0. The quantitative estimate of drug-likeness (QED) is 0.557.